The molecule has 8 heteroatoms. The highest BCUT2D eigenvalue weighted by molar-refractivity contribution is 5.91. The van der Waals surface area contributed by atoms with E-state index < -0.39 is 0 Å². The smallest absolute Gasteiger partial charge is 0.271 e. The van der Waals surface area contributed by atoms with Crippen molar-refractivity contribution in [1.29, 1.82) is 0 Å². The lowest BCUT2D eigenvalue weighted by Gasteiger charge is -2.29. The van der Waals surface area contributed by atoms with Gasteiger partial charge >= 0.3 is 0 Å². The Morgan fingerprint density at radius 1 is 1.34 bits per heavy atom. The van der Waals surface area contributed by atoms with Gasteiger partial charge < -0.3 is 15.4 Å². The van der Waals surface area contributed by atoms with Gasteiger partial charge in [0, 0.05) is 69.2 Å². The van der Waals surface area contributed by atoms with Crippen LogP contribution in [-0.4, -0.2) is 64.1 Å². The minimum absolute atomic E-state index is 0.0609. The molecule has 2 N–H and O–H groups in total. The molecule has 3 fully saturated rings. The predicted molar refractivity (Wildman–Crippen MR) is 107 cm³/mol. The lowest BCUT2D eigenvalue weighted by atomic mass is 9.73. The normalized spacial score (nSPS) is 30.3. The van der Waals surface area contributed by atoms with E-state index >= 15 is 0 Å². The summed E-state index contributed by atoms with van der Waals surface area (Å²) in [6.45, 7) is 3.41. The Bertz CT molecular complexity index is 894. The molecule has 5 heterocycles. The standard InChI is InChI=1S/C21H26N6O2/c1-22-19-14(3-2-6-25-19)11-27-12-16-15(18-4-5-21(16,13-27)29-18)9-26-20(28)17-10-23-7-8-24-17/h2-3,6-8,10,15-16,18H,4-5,9,11-13H2,1H3,(H,22,25)(H,26,28)/t15-,16+,18+,21+/m0/s1. The molecule has 1 amide bonds. The summed E-state index contributed by atoms with van der Waals surface area (Å²) in [6.07, 6.45) is 8.85. The molecule has 29 heavy (non-hydrogen) atoms. The van der Waals surface area contributed by atoms with Crippen molar-refractivity contribution in [2.45, 2.75) is 31.1 Å². The predicted octanol–water partition coefficient (Wildman–Crippen LogP) is 1.32. The Labute approximate surface area is 170 Å². The maximum absolute atomic E-state index is 12.4. The molecule has 0 aromatic carbocycles. The monoisotopic (exact) mass is 394 g/mol. The highest BCUT2D eigenvalue weighted by Gasteiger charge is 2.62. The molecule has 3 aliphatic rings. The van der Waals surface area contributed by atoms with Gasteiger partial charge in [-0.2, -0.15) is 0 Å². The molecular formula is C21H26N6O2. The second-order valence-electron chi connectivity index (χ2n) is 8.26. The fourth-order valence-electron chi connectivity index (χ4n) is 5.43. The van der Waals surface area contributed by atoms with Crippen molar-refractivity contribution in [3.8, 4) is 0 Å². The zero-order chi connectivity index (χ0) is 19.8. The average molecular weight is 394 g/mol. The molecule has 5 rings (SSSR count). The van der Waals surface area contributed by atoms with Gasteiger partial charge in [-0.15, -0.1) is 0 Å². The van der Waals surface area contributed by atoms with Crippen LogP contribution in [0.15, 0.2) is 36.9 Å². The topological polar surface area (TPSA) is 92.3 Å². The molecule has 0 saturated carbocycles. The number of fused-ring (bicyclic) bond motifs is 1. The number of hydrogen-bond donors (Lipinski definition) is 2. The van der Waals surface area contributed by atoms with Crippen molar-refractivity contribution in [2.75, 3.05) is 32.0 Å². The van der Waals surface area contributed by atoms with Crippen LogP contribution >= 0.6 is 0 Å². The summed E-state index contributed by atoms with van der Waals surface area (Å²) in [5.74, 6) is 1.55. The van der Waals surface area contributed by atoms with Gasteiger partial charge in [0.05, 0.1) is 17.9 Å². The number of carbonyl (C=O) groups is 1. The number of hydrogen-bond acceptors (Lipinski definition) is 7. The number of nitrogens with zero attached hydrogens (tertiary/aromatic N) is 4. The molecule has 0 radical (unpaired) electrons. The van der Waals surface area contributed by atoms with E-state index in [4.69, 9.17) is 4.74 Å². The van der Waals surface area contributed by atoms with E-state index in [1.54, 1.807) is 6.20 Å². The largest absolute Gasteiger partial charge is 0.373 e. The van der Waals surface area contributed by atoms with E-state index in [2.05, 4.69) is 36.6 Å². The summed E-state index contributed by atoms with van der Waals surface area (Å²) in [7, 11) is 1.91. The summed E-state index contributed by atoms with van der Waals surface area (Å²) in [6, 6.07) is 4.11. The van der Waals surface area contributed by atoms with Crippen molar-refractivity contribution >= 4 is 11.7 Å². The van der Waals surface area contributed by atoms with E-state index in [0.717, 1.165) is 38.3 Å². The number of ether oxygens (including phenoxy) is 1. The Balaban J connectivity index is 1.26. The molecule has 1 spiro atoms. The van der Waals surface area contributed by atoms with Crippen LogP contribution in [0.1, 0.15) is 28.9 Å². The van der Waals surface area contributed by atoms with E-state index in [9.17, 15) is 4.79 Å². The number of carbonyl (C=O) groups excluding carboxylic acids is 1. The van der Waals surface area contributed by atoms with Crippen LogP contribution in [0, 0.1) is 11.8 Å². The fourth-order valence-corrected chi connectivity index (χ4v) is 5.43. The second kappa shape index (κ2) is 7.35. The van der Waals surface area contributed by atoms with Crippen LogP contribution in [0.3, 0.4) is 0 Å². The highest BCUT2D eigenvalue weighted by Crippen LogP contribution is 2.54. The quantitative estimate of drug-likeness (QED) is 0.763. The third-order valence-corrected chi connectivity index (χ3v) is 6.67. The van der Waals surface area contributed by atoms with Crippen LogP contribution < -0.4 is 10.6 Å². The van der Waals surface area contributed by atoms with Crippen LogP contribution in [0.25, 0.3) is 0 Å². The molecule has 4 atom stereocenters. The van der Waals surface area contributed by atoms with E-state index in [1.807, 2.05) is 19.3 Å². The zero-order valence-electron chi connectivity index (χ0n) is 16.5. The van der Waals surface area contributed by atoms with Crippen molar-refractivity contribution in [3.63, 3.8) is 0 Å². The molecular weight excluding hydrogens is 368 g/mol. The first-order chi connectivity index (χ1) is 14.2. The molecule has 2 aromatic rings. The summed E-state index contributed by atoms with van der Waals surface area (Å²) in [5.41, 5.74) is 1.50. The molecule has 2 bridgehead atoms. The van der Waals surface area contributed by atoms with Gasteiger partial charge in [0.1, 0.15) is 11.5 Å². The molecule has 8 nitrogen and oxygen atoms in total. The maximum atomic E-state index is 12.4. The number of aromatic nitrogens is 3. The average Bonchev–Trinajstić information content (AvgIpc) is 3.41. The minimum atomic E-state index is -0.168. The van der Waals surface area contributed by atoms with Crippen LogP contribution in [0.5, 0.6) is 0 Å². The fraction of sp³-hybridized carbons (Fsp3) is 0.524. The Hall–Kier alpha value is -2.58. The van der Waals surface area contributed by atoms with E-state index in [-0.39, 0.29) is 17.6 Å². The maximum Gasteiger partial charge on any atom is 0.271 e. The van der Waals surface area contributed by atoms with Gasteiger partial charge in [-0.25, -0.2) is 9.97 Å². The minimum Gasteiger partial charge on any atom is -0.373 e. The summed E-state index contributed by atoms with van der Waals surface area (Å²) in [4.78, 5) is 27.4. The van der Waals surface area contributed by atoms with Crippen LogP contribution in [0.4, 0.5) is 5.82 Å². The SMILES string of the molecule is CNc1ncccc1CN1C[C@@H]2[C@H](CNC(=O)c3cnccn3)[C@H]3CC[C@]2(C1)O3. The molecule has 2 aromatic heterocycles. The van der Waals surface area contributed by atoms with Crippen molar-refractivity contribution in [1.82, 2.24) is 25.2 Å². The third kappa shape index (κ3) is 3.26. The molecule has 3 saturated heterocycles. The Morgan fingerprint density at radius 2 is 2.28 bits per heavy atom. The first-order valence-corrected chi connectivity index (χ1v) is 10.2. The van der Waals surface area contributed by atoms with Crippen molar-refractivity contribution < 1.29 is 9.53 Å². The lowest BCUT2D eigenvalue weighted by Crippen LogP contribution is -2.42. The van der Waals surface area contributed by atoms with Gasteiger partial charge in [0.15, 0.2) is 0 Å². The van der Waals surface area contributed by atoms with E-state index in [1.165, 1.54) is 18.0 Å². The first-order valence-electron chi connectivity index (χ1n) is 10.2. The molecule has 0 unspecified atom stereocenters. The Kier molecular flexibility index (Phi) is 4.67. The number of anilines is 1. The molecule has 3 aliphatic heterocycles. The zero-order valence-corrected chi connectivity index (χ0v) is 16.5. The van der Waals surface area contributed by atoms with Crippen molar-refractivity contribution in [3.05, 3.63) is 48.2 Å². The van der Waals surface area contributed by atoms with Gasteiger partial charge in [0.2, 0.25) is 0 Å². The number of pyridine rings is 1. The molecule has 0 aliphatic carbocycles. The number of likely N-dealkylation sites (tertiary alicyclic amines) is 1. The number of amides is 1. The lowest BCUT2D eigenvalue weighted by molar-refractivity contribution is 0.00213. The molecule has 152 valence electrons. The Morgan fingerprint density at radius 3 is 3.10 bits per heavy atom. The van der Waals surface area contributed by atoms with Crippen molar-refractivity contribution in [2.24, 2.45) is 11.8 Å². The highest BCUT2D eigenvalue weighted by atomic mass is 16.5. The van der Waals surface area contributed by atoms with Gasteiger partial charge in [-0.05, 0) is 18.9 Å². The summed E-state index contributed by atoms with van der Waals surface area (Å²) in [5, 5.41) is 6.24. The van der Waals surface area contributed by atoms with Crippen LogP contribution in [-0.2, 0) is 11.3 Å². The third-order valence-electron chi connectivity index (χ3n) is 6.67. The first kappa shape index (κ1) is 18.4. The van der Waals surface area contributed by atoms with Gasteiger partial charge in [0.25, 0.3) is 5.91 Å². The van der Waals surface area contributed by atoms with Gasteiger partial charge in [-0.1, -0.05) is 6.07 Å². The summed E-state index contributed by atoms with van der Waals surface area (Å²) < 4.78 is 6.51. The summed E-state index contributed by atoms with van der Waals surface area (Å²) >= 11 is 0. The van der Waals surface area contributed by atoms with Crippen LogP contribution in [0.2, 0.25) is 0 Å². The van der Waals surface area contributed by atoms with E-state index in [0.29, 0.717) is 24.1 Å². The number of rotatable bonds is 6. The number of nitrogens with one attached hydrogen (secondary N) is 2. The second-order valence-corrected chi connectivity index (χ2v) is 8.26. The van der Waals surface area contributed by atoms with Gasteiger partial charge in [-0.3, -0.25) is 14.7 Å².